The Balaban J connectivity index is 0.813. The minimum atomic E-state index is -4.02. The van der Waals surface area contributed by atoms with Crippen molar-refractivity contribution in [1.82, 2.24) is 33.9 Å². The normalized spacial score (nSPS) is 19.5. The highest BCUT2D eigenvalue weighted by atomic mass is 32.2. The van der Waals surface area contributed by atoms with Crippen LogP contribution in [0.3, 0.4) is 0 Å². The number of imide groups is 1. The van der Waals surface area contributed by atoms with E-state index in [-0.39, 0.29) is 103 Å². The number of hydrogen-bond donors (Lipinski definition) is 4. The van der Waals surface area contributed by atoms with E-state index < -0.39 is 39.1 Å². The van der Waals surface area contributed by atoms with Gasteiger partial charge in [0.15, 0.2) is 5.82 Å². The molecule has 358 valence electrons. The lowest BCUT2D eigenvalue weighted by Gasteiger charge is -2.42. The molecule has 4 fully saturated rings. The van der Waals surface area contributed by atoms with Crippen LogP contribution in [-0.2, 0) is 31.6 Å². The van der Waals surface area contributed by atoms with Crippen molar-refractivity contribution in [1.29, 1.82) is 5.26 Å². The number of carbonyl (C=O) groups excluding carboxylic acids is 3. The molecule has 4 aliphatic heterocycles. The number of benzene rings is 3. The number of aryl methyl sites for hydroxylation is 1. The van der Waals surface area contributed by atoms with Gasteiger partial charge in [-0.05, 0) is 74.6 Å². The van der Waals surface area contributed by atoms with E-state index in [2.05, 4.69) is 25.4 Å². The van der Waals surface area contributed by atoms with Gasteiger partial charge in [-0.2, -0.15) is 23.1 Å². The third kappa shape index (κ3) is 8.68. The zero-order chi connectivity index (χ0) is 48.3. The number of aliphatic hydroxyl groups is 1. The predicted molar refractivity (Wildman–Crippen MR) is 247 cm³/mol. The summed E-state index contributed by atoms with van der Waals surface area (Å²) in [5, 5.41) is 31.8. The lowest BCUT2D eigenvalue weighted by molar-refractivity contribution is -0.142. The number of fused-ring (bicyclic) bond motifs is 2. The fraction of sp³-hybridized carbons (Fsp3) is 0.444. The first-order chi connectivity index (χ1) is 32.4. The highest BCUT2D eigenvalue weighted by Crippen LogP contribution is 2.42. The van der Waals surface area contributed by atoms with Crippen LogP contribution in [0.2, 0.25) is 0 Å². The Kier molecular flexibility index (Phi) is 12.1. The molecule has 23 heteroatoms. The SMILES string of the molecule is CCN(C)S(=O)(=O)Nc1ccc(F)c(Nc2ccc3ncn([C@H]4COC5(CCN(C(=O)CC6(O)CCN(c7cc8c(cc7F)c(N7CCC(=O)NC7=O)nn8C)CC6)CC5)C4)c(=O)c3c2)c1C#N. The third-order valence-electron chi connectivity index (χ3n) is 13.7. The van der Waals surface area contributed by atoms with E-state index in [1.54, 1.807) is 41.8 Å². The molecule has 68 heavy (non-hydrogen) atoms. The first-order valence-electron chi connectivity index (χ1n) is 22.3. The molecule has 4 saturated heterocycles. The number of amides is 4. The Morgan fingerprint density at radius 3 is 2.49 bits per heavy atom. The van der Waals surface area contributed by atoms with Gasteiger partial charge in [0.2, 0.25) is 11.8 Å². The molecule has 4 aliphatic rings. The molecule has 9 rings (SSSR count). The second-order valence-electron chi connectivity index (χ2n) is 17.9. The van der Waals surface area contributed by atoms with Crippen molar-refractivity contribution >= 4 is 78.4 Å². The first-order valence-corrected chi connectivity index (χ1v) is 23.8. The summed E-state index contributed by atoms with van der Waals surface area (Å²) in [6.07, 6.45) is 3.46. The van der Waals surface area contributed by atoms with E-state index in [9.17, 15) is 38.0 Å². The van der Waals surface area contributed by atoms with E-state index in [4.69, 9.17) is 4.74 Å². The maximum absolute atomic E-state index is 15.7. The van der Waals surface area contributed by atoms with Crippen LogP contribution >= 0.6 is 0 Å². The fourth-order valence-electron chi connectivity index (χ4n) is 9.61. The molecule has 6 heterocycles. The van der Waals surface area contributed by atoms with E-state index in [0.29, 0.717) is 67.5 Å². The second-order valence-corrected chi connectivity index (χ2v) is 19.7. The zero-order valence-corrected chi connectivity index (χ0v) is 38.4. The summed E-state index contributed by atoms with van der Waals surface area (Å²) in [6.45, 7) is 3.53. The van der Waals surface area contributed by atoms with Crippen molar-refractivity contribution in [3.63, 3.8) is 0 Å². The summed E-state index contributed by atoms with van der Waals surface area (Å²) >= 11 is 0. The summed E-state index contributed by atoms with van der Waals surface area (Å²) in [7, 11) is -0.972. The Labute approximate surface area is 389 Å². The van der Waals surface area contributed by atoms with Crippen molar-refractivity contribution in [3.05, 3.63) is 76.3 Å². The Hall–Kier alpha value is -6.74. The van der Waals surface area contributed by atoms with Crippen LogP contribution in [0.1, 0.15) is 63.5 Å². The van der Waals surface area contributed by atoms with E-state index in [1.165, 1.54) is 41.0 Å². The number of hydrogen-bond acceptors (Lipinski definition) is 13. The highest BCUT2D eigenvalue weighted by molar-refractivity contribution is 7.90. The van der Waals surface area contributed by atoms with Gasteiger partial charge in [-0.25, -0.2) is 18.6 Å². The summed E-state index contributed by atoms with van der Waals surface area (Å²) < 4.78 is 69.2. The topological polar surface area (TPSA) is 240 Å². The van der Waals surface area contributed by atoms with Gasteiger partial charge in [0.05, 0.1) is 70.1 Å². The highest BCUT2D eigenvalue weighted by Gasteiger charge is 2.45. The molecule has 0 unspecified atom stereocenters. The largest absolute Gasteiger partial charge is 0.389 e. The standard InChI is InChI=1S/C45H50F2N12O8S/c1-4-54(2)68(65,66)53-35-8-6-32(46)40(31(35)24-48)50-27-5-7-34-29(19-27)42(62)59(26-49-34)28-22-45(67-25-28)12-17-57(18-13-45)39(61)23-44(64)10-15-56(16-11-44)37-21-36-30(20-33(37)47)41(52-55(36)3)58-14-9-38(60)51-43(58)63/h5-8,19-21,26,28,50,53,64H,4,9-18,22-23,25H2,1-3H3,(H,51,60,63)/t28-/m1/s1. The summed E-state index contributed by atoms with van der Waals surface area (Å²) in [5.74, 6) is -1.66. The Morgan fingerprint density at radius 2 is 1.78 bits per heavy atom. The monoisotopic (exact) mass is 956 g/mol. The number of rotatable bonds is 11. The smallest absolute Gasteiger partial charge is 0.329 e. The Morgan fingerprint density at radius 1 is 1.03 bits per heavy atom. The van der Waals surface area contributed by atoms with Crippen molar-refractivity contribution in [2.45, 2.75) is 69.1 Å². The van der Waals surface area contributed by atoms with Crippen LogP contribution in [0.25, 0.3) is 21.8 Å². The number of nitrogens with zero attached hydrogens (tertiary/aromatic N) is 9. The molecule has 20 nitrogen and oxygen atoms in total. The number of likely N-dealkylation sites (tertiary alicyclic amines) is 1. The number of nitrogens with one attached hydrogen (secondary N) is 3. The van der Waals surface area contributed by atoms with Gasteiger partial charge in [0.25, 0.3) is 5.56 Å². The molecule has 0 radical (unpaired) electrons. The molecule has 0 saturated carbocycles. The van der Waals surface area contributed by atoms with E-state index >= 15 is 8.78 Å². The maximum atomic E-state index is 15.7. The molecule has 0 bridgehead atoms. The predicted octanol–water partition coefficient (Wildman–Crippen LogP) is 3.98. The number of anilines is 5. The Bertz CT molecular complexity index is 3090. The summed E-state index contributed by atoms with van der Waals surface area (Å²) in [4.78, 5) is 61.3. The minimum absolute atomic E-state index is 0.0927. The van der Waals surface area contributed by atoms with Crippen LogP contribution in [0.5, 0.6) is 0 Å². The van der Waals surface area contributed by atoms with Gasteiger partial charge in [0, 0.05) is 70.9 Å². The molecule has 1 spiro atoms. The molecule has 3 aromatic carbocycles. The number of halogens is 2. The number of nitriles is 1. The van der Waals surface area contributed by atoms with Gasteiger partial charge in [-0.15, -0.1) is 0 Å². The molecule has 4 N–H and O–H groups in total. The number of piperidine rings is 2. The lowest BCUT2D eigenvalue weighted by atomic mass is 9.85. The van der Waals surface area contributed by atoms with Gasteiger partial charge in [0.1, 0.15) is 23.3 Å². The van der Waals surface area contributed by atoms with Crippen LogP contribution in [0.4, 0.5) is 42.1 Å². The second kappa shape index (κ2) is 17.7. The van der Waals surface area contributed by atoms with Gasteiger partial charge in [-0.1, -0.05) is 6.92 Å². The number of aromatic nitrogens is 4. The van der Waals surface area contributed by atoms with Crippen LogP contribution < -0.4 is 30.7 Å². The quantitative estimate of drug-likeness (QED) is 0.147. The van der Waals surface area contributed by atoms with Gasteiger partial charge >= 0.3 is 16.2 Å². The minimum Gasteiger partial charge on any atom is -0.389 e. The fourth-order valence-corrected chi connectivity index (χ4v) is 10.5. The average molecular weight is 957 g/mol. The van der Waals surface area contributed by atoms with Crippen molar-refractivity contribution in [2.75, 3.05) is 72.8 Å². The lowest BCUT2D eigenvalue weighted by Crippen LogP contribution is -2.51. The number of urea groups is 1. The molecule has 4 amide bonds. The zero-order valence-electron chi connectivity index (χ0n) is 37.6. The molecule has 0 aliphatic carbocycles. The molecular weight excluding hydrogens is 907 g/mol. The van der Waals surface area contributed by atoms with Crippen LogP contribution in [-0.4, -0.2) is 124 Å². The van der Waals surface area contributed by atoms with E-state index in [0.717, 1.165) is 10.4 Å². The van der Waals surface area contributed by atoms with Crippen molar-refractivity contribution < 1.29 is 41.4 Å². The van der Waals surface area contributed by atoms with Crippen molar-refractivity contribution in [3.8, 4) is 6.07 Å². The molecular formula is C45H50F2N12O8S. The molecule has 1 atom stereocenters. The summed E-state index contributed by atoms with van der Waals surface area (Å²) in [5.41, 5.74) is -1.38. The van der Waals surface area contributed by atoms with E-state index in [1.807, 2.05) is 11.0 Å². The first kappa shape index (κ1) is 46.4. The summed E-state index contributed by atoms with van der Waals surface area (Å²) in [6, 6.07) is 10.7. The number of carbonyl (C=O) groups is 3. The third-order valence-corrected chi connectivity index (χ3v) is 15.3. The number of ether oxygens (including phenoxy) is 1. The molecule has 5 aromatic rings. The van der Waals surface area contributed by atoms with Crippen LogP contribution in [0.15, 0.2) is 53.6 Å². The van der Waals surface area contributed by atoms with Gasteiger partial charge < -0.3 is 25.0 Å². The van der Waals surface area contributed by atoms with Crippen molar-refractivity contribution in [2.24, 2.45) is 7.05 Å². The maximum Gasteiger partial charge on any atom is 0.329 e. The van der Waals surface area contributed by atoms with Crippen LogP contribution in [0, 0.1) is 23.0 Å². The average Bonchev–Trinajstić information content (AvgIpc) is 3.86. The molecule has 2 aromatic heterocycles. The van der Waals surface area contributed by atoms with Gasteiger partial charge in [-0.3, -0.25) is 38.6 Å².